The number of aromatic nitrogens is 3. The average Bonchev–Trinajstić information content (AvgIpc) is 2.68. The average molecular weight is 396 g/mol. The van der Waals surface area contributed by atoms with E-state index in [9.17, 15) is 28.0 Å². The predicted octanol–water partition coefficient (Wildman–Crippen LogP) is 3.20. The molecule has 4 aromatic rings. The van der Waals surface area contributed by atoms with Crippen molar-refractivity contribution < 1.29 is 13.2 Å². The number of nitrogens with zero attached hydrogens (tertiary/aromatic N) is 4. The molecule has 0 aliphatic heterocycles. The van der Waals surface area contributed by atoms with Gasteiger partial charge in [0.1, 0.15) is 17.3 Å². The zero-order valence-corrected chi connectivity index (χ0v) is 14.9. The fourth-order valence-electron chi connectivity index (χ4n) is 3.16. The Morgan fingerprint density at radius 2 is 1.79 bits per heavy atom. The minimum absolute atomic E-state index is 0.0540. The molecule has 0 saturated carbocycles. The first-order valence-electron chi connectivity index (χ1n) is 8.38. The summed E-state index contributed by atoms with van der Waals surface area (Å²) in [5, 5.41) is 9.25. The molecular weight excluding hydrogens is 385 g/mol. The smallest absolute Gasteiger partial charge is 0.268 e. The number of nitriles is 1. The van der Waals surface area contributed by atoms with Crippen molar-refractivity contribution in [3.63, 3.8) is 0 Å². The Kier molecular flexibility index (Phi) is 4.01. The van der Waals surface area contributed by atoms with E-state index in [-0.39, 0.29) is 27.9 Å². The first-order chi connectivity index (χ1) is 13.7. The molecule has 0 spiro atoms. The van der Waals surface area contributed by atoms with Gasteiger partial charge in [0.05, 0.1) is 16.6 Å². The number of alkyl halides is 3. The Morgan fingerprint density at radius 1 is 1.03 bits per heavy atom. The standard InChI is InChI=1S/C20H11F3N4O2/c1-11-4-3-7-26-16(11)25-17-15(19(26)29)8-12(10-24)18(28)27(17)14-6-2-5-13(9-14)20(21,22)23/h2-9H,1H3. The topological polar surface area (TPSA) is 80.2 Å². The van der Waals surface area contributed by atoms with Gasteiger partial charge in [-0.25, -0.2) is 4.98 Å². The van der Waals surface area contributed by atoms with E-state index in [1.807, 2.05) is 0 Å². The van der Waals surface area contributed by atoms with E-state index in [2.05, 4.69) is 4.98 Å². The number of pyridine rings is 2. The molecule has 0 amide bonds. The molecule has 3 aromatic heterocycles. The summed E-state index contributed by atoms with van der Waals surface area (Å²) in [6.45, 7) is 1.71. The van der Waals surface area contributed by atoms with Crippen LogP contribution in [0.3, 0.4) is 0 Å². The molecule has 0 bridgehead atoms. The minimum Gasteiger partial charge on any atom is -0.268 e. The van der Waals surface area contributed by atoms with Crippen LogP contribution in [0.4, 0.5) is 13.2 Å². The van der Waals surface area contributed by atoms with E-state index in [4.69, 9.17) is 0 Å². The van der Waals surface area contributed by atoms with E-state index < -0.39 is 22.9 Å². The van der Waals surface area contributed by atoms with Crippen LogP contribution in [0.5, 0.6) is 0 Å². The second kappa shape index (κ2) is 6.31. The maximum Gasteiger partial charge on any atom is 0.416 e. The van der Waals surface area contributed by atoms with Gasteiger partial charge in [-0.05, 0) is 42.8 Å². The predicted molar refractivity (Wildman–Crippen MR) is 99.0 cm³/mol. The highest BCUT2D eigenvalue weighted by molar-refractivity contribution is 5.80. The molecule has 0 fully saturated rings. The van der Waals surface area contributed by atoms with Gasteiger partial charge in [-0.15, -0.1) is 0 Å². The maximum atomic E-state index is 13.2. The summed E-state index contributed by atoms with van der Waals surface area (Å²) in [6, 6.07) is 10.3. The Bertz CT molecular complexity index is 1460. The zero-order chi connectivity index (χ0) is 20.9. The number of aryl methyl sites for hydroxylation is 1. The van der Waals surface area contributed by atoms with Gasteiger partial charge < -0.3 is 0 Å². The highest BCUT2D eigenvalue weighted by atomic mass is 19.4. The lowest BCUT2D eigenvalue weighted by molar-refractivity contribution is -0.137. The molecule has 0 aliphatic rings. The SMILES string of the molecule is Cc1cccn2c(=O)c3cc(C#N)c(=O)n(-c4cccc(C(F)(F)F)c4)c3nc12. The van der Waals surface area contributed by atoms with E-state index in [0.717, 1.165) is 28.8 Å². The minimum atomic E-state index is -4.63. The summed E-state index contributed by atoms with van der Waals surface area (Å²) in [7, 11) is 0. The molecule has 0 N–H and O–H groups in total. The fourth-order valence-corrected chi connectivity index (χ4v) is 3.16. The number of rotatable bonds is 1. The van der Waals surface area contributed by atoms with Gasteiger partial charge in [-0.1, -0.05) is 12.1 Å². The second-order valence-corrected chi connectivity index (χ2v) is 6.40. The van der Waals surface area contributed by atoms with Gasteiger partial charge in [-0.2, -0.15) is 18.4 Å². The molecule has 0 unspecified atom stereocenters. The van der Waals surface area contributed by atoms with E-state index in [0.29, 0.717) is 5.56 Å². The van der Waals surface area contributed by atoms with Crippen LogP contribution in [0, 0.1) is 18.3 Å². The van der Waals surface area contributed by atoms with Crippen LogP contribution in [0.15, 0.2) is 58.3 Å². The van der Waals surface area contributed by atoms with Gasteiger partial charge >= 0.3 is 6.18 Å². The van der Waals surface area contributed by atoms with Gasteiger partial charge in [0.2, 0.25) is 0 Å². The molecule has 29 heavy (non-hydrogen) atoms. The molecular formula is C20H11F3N4O2. The molecule has 3 heterocycles. The first kappa shape index (κ1) is 18.4. The third kappa shape index (κ3) is 2.86. The normalized spacial score (nSPS) is 11.7. The van der Waals surface area contributed by atoms with Crippen LogP contribution in [-0.4, -0.2) is 14.0 Å². The summed E-state index contributed by atoms with van der Waals surface area (Å²) in [5.41, 5.74) is -2.10. The summed E-state index contributed by atoms with van der Waals surface area (Å²) >= 11 is 0. The quantitative estimate of drug-likeness (QED) is 0.463. The Hall–Kier alpha value is -3.93. The van der Waals surface area contributed by atoms with Crippen molar-refractivity contribution in [1.29, 1.82) is 5.26 Å². The molecule has 9 heteroatoms. The van der Waals surface area contributed by atoms with Crippen LogP contribution < -0.4 is 11.1 Å². The number of hydrogen-bond donors (Lipinski definition) is 0. The third-order valence-corrected chi connectivity index (χ3v) is 4.55. The van der Waals surface area contributed by atoms with Crippen LogP contribution >= 0.6 is 0 Å². The molecule has 4 rings (SSSR count). The van der Waals surface area contributed by atoms with Crippen molar-refractivity contribution in [2.75, 3.05) is 0 Å². The highest BCUT2D eigenvalue weighted by Crippen LogP contribution is 2.30. The third-order valence-electron chi connectivity index (χ3n) is 4.55. The van der Waals surface area contributed by atoms with Gasteiger partial charge in [-0.3, -0.25) is 18.6 Å². The molecule has 0 aliphatic carbocycles. The first-order valence-corrected chi connectivity index (χ1v) is 8.38. The van der Waals surface area contributed by atoms with Gasteiger partial charge in [0.15, 0.2) is 5.65 Å². The fraction of sp³-hybridized carbons (Fsp3) is 0.100. The van der Waals surface area contributed by atoms with Crippen molar-refractivity contribution in [1.82, 2.24) is 14.0 Å². The van der Waals surface area contributed by atoms with Crippen molar-refractivity contribution in [3.05, 3.63) is 86.1 Å². The van der Waals surface area contributed by atoms with Crippen molar-refractivity contribution in [3.8, 4) is 11.8 Å². The second-order valence-electron chi connectivity index (χ2n) is 6.40. The molecule has 0 saturated heterocycles. The zero-order valence-electron chi connectivity index (χ0n) is 14.9. The number of fused-ring (bicyclic) bond motifs is 2. The van der Waals surface area contributed by atoms with Crippen molar-refractivity contribution in [2.45, 2.75) is 13.1 Å². The number of hydrogen-bond acceptors (Lipinski definition) is 4. The van der Waals surface area contributed by atoms with Gasteiger partial charge in [0.25, 0.3) is 11.1 Å². The van der Waals surface area contributed by atoms with Crippen LogP contribution in [0.2, 0.25) is 0 Å². The number of halogens is 3. The summed E-state index contributed by atoms with van der Waals surface area (Å²) in [4.78, 5) is 30.1. The Morgan fingerprint density at radius 3 is 2.48 bits per heavy atom. The monoisotopic (exact) mass is 396 g/mol. The van der Waals surface area contributed by atoms with Crippen molar-refractivity contribution >= 4 is 16.7 Å². The summed E-state index contributed by atoms with van der Waals surface area (Å²) < 4.78 is 41.6. The largest absolute Gasteiger partial charge is 0.416 e. The van der Waals surface area contributed by atoms with E-state index in [1.54, 1.807) is 25.1 Å². The molecule has 144 valence electrons. The lowest BCUT2D eigenvalue weighted by Gasteiger charge is -2.14. The van der Waals surface area contributed by atoms with E-state index in [1.165, 1.54) is 16.7 Å². The molecule has 1 aromatic carbocycles. The number of benzene rings is 1. The maximum absolute atomic E-state index is 13.2. The Labute approximate surface area is 160 Å². The molecule has 0 radical (unpaired) electrons. The van der Waals surface area contributed by atoms with Gasteiger partial charge in [0, 0.05) is 6.20 Å². The van der Waals surface area contributed by atoms with Crippen LogP contribution in [0.1, 0.15) is 16.7 Å². The van der Waals surface area contributed by atoms with Crippen LogP contribution in [-0.2, 0) is 6.18 Å². The summed E-state index contributed by atoms with van der Waals surface area (Å²) in [5.74, 6) is 0. The highest BCUT2D eigenvalue weighted by Gasteiger charge is 2.31. The van der Waals surface area contributed by atoms with E-state index >= 15 is 0 Å². The summed E-state index contributed by atoms with van der Waals surface area (Å²) in [6.07, 6.45) is -3.14. The van der Waals surface area contributed by atoms with Crippen molar-refractivity contribution in [2.24, 2.45) is 0 Å². The lowest BCUT2D eigenvalue weighted by atomic mass is 10.1. The Balaban J connectivity index is 2.22. The molecule has 0 atom stereocenters. The molecule has 6 nitrogen and oxygen atoms in total. The van der Waals surface area contributed by atoms with Crippen LogP contribution in [0.25, 0.3) is 22.4 Å². The lowest BCUT2D eigenvalue weighted by Crippen LogP contribution is -2.26.